The first-order chi connectivity index (χ1) is 12.0. The van der Waals surface area contributed by atoms with E-state index < -0.39 is 4.92 Å². The summed E-state index contributed by atoms with van der Waals surface area (Å²) in [7, 11) is 0. The van der Waals surface area contributed by atoms with Crippen molar-refractivity contribution in [2.45, 2.75) is 18.7 Å². The largest absolute Gasteiger partial charge is 0.413 e. The highest BCUT2D eigenvalue weighted by Crippen LogP contribution is 2.41. The molecule has 3 rings (SSSR count). The third-order valence-corrected chi connectivity index (χ3v) is 4.48. The van der Waals surface area contributed by atoms with E-state index in [2.05, 4.69) is 0 Å². The van der Waals surface area contributed by atoms with Gasteiger partial charge in [0.2, 0.25) is 5.75 Å². The van der Waals surface area contributed by atoms with Crippen molar-refractivity contribution in [1.82, 2.24) is 0 Å². The van der Waals surface area contributed by atoms with Crippen molar-refractivity contribution in [3.63, 3.8) is 0 Å². The van der Waals surface area contributed by atoms with Gasteiger partial charge in [-0.25, -0.2) is 0 Å². The molecule has 0 heterocycles. The fourth-order valence-corrected chi connectivity index (χ4v) is 3.08. The zero-order valence-electron chi connectivity index (χ0n) is 13.9. The monoisotopic (exact) mass is 351 g/mol. The van der Waals surface area contributed by atoms with Crippen LogP contribution in [0.2, 0.25) is 0 Å². The van der Waals surface area contributed by atoms with Crippen molar-refractivity contribution in [2.75, 3.05) is 0 Å². The molecule has 0 aliphatic rings. The molecule has 0 aliphatic heterocycles. The van der Waals surface area contributed by atoms with E-state index in [0.717, 1.165) is 33.6 Å². The minimum Gasteiger partial charge on any atom is -0.413 e. The summed E-state index contributed by atoms with van der Waals surface area (Å²) >= 11 is 1.12. The summed E-state index contributed by atoms with van der Waals surface area (Å²) in [4.78, 5) is 11.9. The van der Waals surface area contributed by atoms with Crippen LogP contribution in [0.15, 0.2) is 71.6 Å². The summed E-state index contributed by atoms with van der Waals surface area (Å²) in [6.07, 6.45) is 0. The fourth-order valence-electron chi connectivity index (χ4n) is 2.48. The molecule has 25 heavy (non-hydrogen) atoms. The molecular formula is C20H17NO3S. The number of rotatable bonds is 5. The second kappa shape index (κ2) is 7.40. The van der Waals surface area contributed by atoms with Crippen LogP contribution >= 0.6 is 12.0 Å². The number of nitro benzene ring substituents is 1. The molecule has 4 nitrogen and oxygen atoms in total. The van der Waals surface area contributed by atoms with E-state index in [1.807, 2.05) is 68.4 Å². The molecular weight excluding hydrogens is 334 g/mol. The van der Waals surface area contributed by atoms with Crippen molar-refractivity contribution < 1.29 is 9.11 Å². The Balaban J connectivity index is 2.00. The Labute approximate surface area is 150 Å². The van der Waals surface area contributed by atoms with Gasteiger partial charge in [-0.2, -0.15) is 0 Å². The van der Waals surface area contributed by atoms with Gasteiger partial charge in [-0.3, -0.25) is 10.1 Å². The average Bonchev–Trinajstić information content (AvgIpc) is 2.61. The van der Waals surface area contributed by atoms with Crippen LogP contribution in [0, 0.1) is 24.0 Å². The van der Waals surface area contributed by atoms with E-state index in [1.54, 1.807) is 6.07 Å². The van der Waals surface area contributed by atoms with Crippen LogP contribution in [0.3, 0.4) is 0 Å². The van der Waals surface area contributed by atoms with E-state index in [9.17, 15) is 10.1 Å². The lowest BCUT2D eigenvalue weighted by atomic mass is 10.0. The number of hydrogen-bond acceptors (Lipinski definition) is 4. The molecule has 5 heteroatoms. The lowest BCUT2D eigenvalue weighted by molar-refractivity contribution is -0.385. The van der Waals surface area contributed by atoms with E-state index in [4.69, 9.17) is 4.18 Å². The summed E-state index contributed by atoms with van der Waals surface area (Å²) in [5.74, 6) is 0.267. The molecule has 0 atom stereocenters. The maximum Gasteiger partial charge on any atom is 0.313 e. The van der Waals surface area contributed by atoms with Gasteiger partial charge < -0.3 is 4.18 Å². The molecule has 0 fully saturated rings. The number of benzene rings is 3. The van der Waals surface area contributed by atoms with Crippen molar-refractivity contribution in [3.8, 4) is 16.9 Å². The lowest BCUT2D eigenvalue weighted by Crippen LogP contribution is -1.95. The molecule has 0 radical (unpaired) electrons. The Morgan fingerprint density at radius 2 is 1.64 bits per heavy atom. The molecule has 0 unspecified atom stereocenters. The molecule has 0 saturated carbocycles. The molecule has 0 aromatic heterocycles. The third kappa shape index (κ3) is 4.00. The summed E-state index contributed by atoms with van der Waals surface area (Å²) in [6.45, 7) is 4.00. The predicted molar refractivity (Wildman–Crippen MR) is 101 cm³/mol. The minimum absolute atomic E-state index is 0.0429. The van der Waals surface area contributed by atoms with Gasteiger partial charge in [0.1, 0.15) is 0 Å². The Morgan fingerprint density at radius 1 is 0.920 bits per heavy atom. The van der Waals surface area contributed by atoms with Gasteiger partial charge in [-0.1, -0.05) is 59.7 Å². The Bertz CT molecular complexity index is 907. The molecule has 0 aliphatic carbocycles. The smallest absolute Gasteiger partial charge is 0.313 e. The van der Waals surface area contributed by atoms with Crippen LogP contribution in [-0.4, -0.2) is 4.92 Å². The number of hydrogen-bond donors (Lipinski definition) is 0. The SMILES string of the molecule is Cc1ccc(SOc2c(-c3cccc(C)c3)cccc2[N+](=O)[O-])cc1. The van der Waals surface area contributed by atoms with E-state index >= 15 is 0 Å². The summed E-state index contributed by atoms with van der Waals surface area (Å²) < 4.78 is 5.82. The van der Waals surface area contributed by atoms with Crippen molar-refractivity contribution >= 4 is 17.7 Å². The zero-order valence-corrected chi connectivity index (χ0v) is 14.7. The Hall–Kier alpha value is -2.79. The van der Waals surface area contributed by atoms with E-state index in [0.29, 0.717) is 5.56 Å². The predicted octanol–water partition coefficient (Wildman–Crippen LogP) is 5.96. The van der Waals surface area contributed by atoms with Crippen molar-refractivity contribution in [3.05, 3.63) is 88.0 Å². The van der Waals surface area contributed by atoms with Crippen LogP contribution < -0.4 is 4.18 Å². The average molecular weight is 351 g/mol. The first-order valence-corrected chi connectivity index (χ1v) is 8.54. The molecule has 3 aromatic carbocycles. The molecule has 0 saturated heterocycles. The zero-order chi connectivity index (χ0) is 17.8. The van der Waals surface area contributed by atoms with E-state index in [-0.39, 0.29) is 11.4 Å². The standard InChI is InChI=1S/C20H17NO3S/c1-14-9-11-17(12-10-14)25-24-20-18(7-4-8-19(20)21(22)23)16-6-3-5-15(2)13-16/h3-13H,1-2H3. The van der Waals surface area contributed by atoms with Crippen LogP contribution in [0.5, 0.6) is 5.75 Å². The number of aryl methyl sites for hydroxylation is 2. The van der Waals surface area contributed by atoms with E-state index in [1.165, 1.54) is 6.07 Å². The molecule has 0 bridgehead atoms. The lowest BCUT2D eigenvalue weighted by Gasteiger charge is -2.11. The highest BCUT2D eigenvalue weighted by atomic mass is 32.2. The number of nitro groups is 1. The van der Waals surface area contributed by atoms with Gasteiger partial charge in [0, 0.05) is 16.5 Å². The summed E-state index contributed by atoms with van der Waals surface area (Å²) in [5.41, 5.74) is 3.79. The molecule has 3 aromatic rings. The Kier molecular flexibility index (Phi) is 5.05. The quantitative estimate of drug-likeness (QED) is 0.323. The van der Waals surface area contributed by atoms with Crippen molar-refractivity contribution in [1.29, 1.82) is 0 Å². The van der Waals surface area contributed by atoms with Gasteiger partial charge in [-0.15, -0.1) is 0 Å². The first-order valence-electron chi connectivity index (χ1n) is 7.80. The molecule has 0 N–H and O–H groups in total. The highest BCUT2D eigenvalue weighted by molar-refractivity contribution is 7.95. The molecule has 126 valence electrons. The second-order valence-electron chi connectivity index (χ2n) is 5.76. The summed E-state index contributed by atoms with van der Waals surface area (Å²) in [6, 6.07) is 20.6. The number of para-hydroxylation sites is 1. The first kappa shape index (κ1) is 17.0. The summed E-state index contributed by atoms with van der Waals surface area (Å²) in [5, 5.41) is 11.4. The van der Waals surface area contributed by atoms with Crippen LogP contribution in [0.4, 0.5) is 5.69 Å². The number of nitrogens with zero attached hydrogens (tertiary/aromatic N) is 1. The molecule has 0 spiro atoms. The fraction of sp³-hybridized carbons (Fsp3) is 0.100. The van der Waals surface area contributed by atoms with Gasteiger partial charge in [0.25, 0.3) is 0 Å². The maximum atomic E-state index is 11.4. The normalized spacial score (nSPS) is 10.5. The van der Waals surface area contributed by atoms with Crippen LogP contribution in [0.25, 0.3) is 11.1 Å². The van der Waals surface area contributed by atoms with Gasteiger partial charge in [0.05, 0.1) is 17.0 Å². The second-order valence-corrected chi connectivity index (χ2v) is 6.56. The maximum absolute atomic E-state index is 11.4. The van der Waals surface area contributed by atoms with Crippen LogP contribution in [0.1, 0.15) is 11.1 Å². The van der Waals surface area contributed by atoms with Gasteiger partial charge >= 0.3 is 5.69 Å². The van der Waals surface area contributed by atoms with Gasteiger partial charge in [-0.05, 0) is 31.5 Å². The van der Waals surface area contributed by atoms with Gasteiger partial charge in [0.15, 0.2) is 0 Å². The Morgan fingerprint density at radius 3 is 2.32 bits per heavy atom. The molecule has 0 amide bonds. The van der Waals surface area contributed by atoms with Crippen LogP contribution in [-0.2, 0) is 0 Å². The highest BCUT2D eigenvalue weighted by Gasteiger charge is 2.21. The van der Waals surface area contributed by atoms with Crippen molar-refractivity contribution in [2.24, 2.45) is 0 Å². The topological polar surface area (TPSA) is 52.4 Å². The minimum atomic E-state index is -0.412. The third-order valence-electron chi connectivity index (χ3n) is 3.76.